The van der Waals surface area contributed by atoms with E-state index in [1.807, 2.05) is 0 Å². The summed E-state index contributed by atoms with van der Waals surface area (Å²) in [5.74, 6) is 0.0203. The van der Waals surface area contributed by atoms with Crippen LogP contribution in [0.25, 0.3) is 0 Å². The highest BCUT2D eigenvalue weighted by Crippen LogP contribution is 2.36. The van der Waals surface area contributed by atoms with Gasteiger partial charge in [-0.1, -0.05) is 6.42 Å². The van der Waals surface area contributed by atoms with E-state index in [1.54, 1.807) is 13.2 Å². The molecule has 0 aromatic heterocycles. The van der Waals surface area contributed by atoms with Crippen LogP contribution in [-0.4, -0.2) is 65.2 Å². The lowest BCUT2D eigenvalue weighted by molar-refractivity contribution is 0.195. The fourth-order valence-electron chi connectivity index (χ4n) is 2.62. The third kappa shape index (κ3) is 3.00. The molecule has 20 heavy (non-hydrogen) atoms. The van der Waals surface area contributed by atoms with Crippen LogP contribution >= 0.6 is 0 Å². The van der Waals surface area contributed by atoms with E-state index in [9.17, 15) is 17.4 Å². The van der Waals surface area contributed by atoms with Gasteiger partial charge < -0.3 is 10.2 Å². The highest BCUT2D eigenvalue weighted by molar-refractivity contribution is 7.92. The number of nitrogens with zero attached hydrogens (tertiary/aromatic N) is 1. The Morgan fingerprint density at radius 1 is 1.45 bits per heavy atom. The molecule has 0 spiro atoms. The molecule has 2 aliphatic rings. The molecule has 1 saturated carbocycles. The molecule has 2 rings (SSSR count). The van der Waals surface area contributed by atoms with Crippen LogP contribution in [-0.2, 0) is 20.6 Å². The first-order chi connectivity index (χ1) is 9.27. The van der Waals surface area contributed by atoms with Gasteiger partial charge in [0.05, 0.1) is 15.7 Å². The van der Waals surface area contributed by atoms with Crippen LogP contribution in [0.15, 0.2) is 0 Å². The zero-order chi connectivity index (χ0) is 15.0. The summed E-state index contributed by atoms with van der Waals surface area (Å²) in [5, 5.41) is 2.31. The monoisotopic (exact) mass is 322 g/mol. The fourth-order valence-corrected chi connectivity index (χ4v) is 5.05. The van der Waals surface area contributed by atoms with Crippen LogP contribution in [0.2, 0.25) is 0 Å². The number of hydrogen-bond donors (Lipinski definition) is 1. The minimum atomic E-state index is -3.05. The van der Waals surface area contributed by atoms with Gasteiger partial charge in [-0.15, -0.1) is 0 Å². The van der Waals surface area contributed by atoms with Crippen molar-refractivity contribution in [1.29, 1.82) is 0 Å². The summed E-state index contributed by atoms with van der Waals surface area (Å²) in [6, 6.07) is -0.247. The van der Waals surface area contributed by atoms with E-state index < -0.39 is 25.9 Å². The van der Waals surface area contributed by atoms with Crippen molar-refractivity contribution in [1.82, 2.24) is 10.2 Å². The van der Waals surface area contributed by atoms with Crippen molar-refractivity contribution in [2.75, 3.05) is 31.6 Å². The number of hydrogen-bond acceptors (Lipinski definition) is 4. The van der Waals surface area contributed by atoms with Crippen molar-refractivity contribution < 1.29 is 17.4 Å². The summed E-state index contributed by atoms with van der Waals surface area (Å²) >= 11 is 0. The number of rotatable bonds is 3. The average molecular weight is 322 g/mol. The van der Waals surface area contributed by atoms with Gasteiger partial charge in [0.1, 0.15) is 0 Å². The van der Waals surface area contributed by atoms with Crippen LogP contribution in [0.1, 0.15) is 26.2 Å². The van der Waals surface area contributed by atoms with Crippen molar-refractivity contribution in [3.8, 4) is 0 Å². The number of sulfone groups is 1. The van der Waals surface area contributed by atoms with Crippen molar-refractivity contribution >= 4 is 26.7 Å². The Morgan fingerprint density at radius 3 is 2.55 bits per heavy atom. The molecule has 1 N–H and O–H groups in total. The Labute approximate surface area is 122 Å². The lowest BCUT2D eigenvalue weighted by Gasteiger charge is -2.40. The summed E-state index contributed by atoms with van der Waals surface area (Å²) in [6.45, 7) is 2.51. The number of nitrogens with one attached hydrogen (secondary N) is 1. The predicted octanol–water partition coefficient (Wildman–Crippen LogP) is 0.116. The Kier molecular flexibility index (Phi) is 4.44. The van der Waals surface area contributed by atoms with E-state index in [4.69, 9.17) is 0 Å². The lowest BCUT2D eigenvalue weighted by Crippen LogP contribution is -2.56. The molecule has 1 saturated heterocycles. The maximum atomic E-state index is 12.1. The maximum absolute atomic E-state index is 12.1. The van der Waals surface area contributed by atoms with Crippen molar-refractivity contribution in [2.24, 2.45) is 0 Å². The molecule has 2 unspecified atom stereocenters. The Morgan fingerprint density at radius 2 is 2.10 bits per heavy atom. The molecule has 2 amide bonds. The zero-order valence-corrected chi connectivity index (χ0v) is 13.6. The standard InChI is InChI=1S/C12H22N2O4S2/c1-10-8-14(6-7-20(10,17)18)11(15)13-9-12(19(2)16)4-3-5-12/h10H,3-9H2,1-2H3,(H,13,15). The highest BCUT2D eigenvalue weighted by Gasteiger charge is 2.41. The van der Waals surface area contributed by atoms with Crippen molar-refractivity contribution in [3.05, 3.63) is 0 Å². The molecule has 0 aromatic rings. The summed E-state index contributed by atoms with van der Waals surface area (Å²) in [6.07, 6.45) is 4.48. The van der Waals surface area contributed by atoms with Gasteiger partial charge in [0.15, 0.2) is 9.84 Å². The van der Waals surface area contributed by atoms with Gasteiger partial charge in [-0.3, -0.25) is 4.21 Å². The number of carbonyl (C=O) groups is 1. The minimum absolute atomic E-state index is 0.0203. The molecule has 1 heterocycles. The molecular formula is C12H22N2O4S2. The van der Waals surface area contributed by atoms with Crippen molar-refractivity contribution in [3.63, 3.8) is 0 Å². The van der Waals surface area contributed by atoms with Crippen LogP contribution in [0, 0.1) is 0 Å². The second kappa shape index (κ2) is 5.63. The molecule has 0 aromatic carbocycles. The van der Waals surface area contributed by atoms with Crippen LogP contribution < -0.4 is 5.32 Å². The van der Waals surface area contributed by atoms with Gasteiger partial charge in [0, 0.05) is 36.7 Å². The van der Waals surface area contributed by atoms with Gasteiger partial charge in [0.25, 0.3) is 0 Å². The molecule has 8 heteroatoms. The molecule has 1 aliphatic carbocycles. The Balaban J connectivity index is 1.89. The lowest BCUT2D eigenvalue weighted by atomic mass is 9.84. The number of amides is 2. The first kappa shape index (κ1) is 15.8. The van der Waals surface area contributed by atoms with Gasteiger partial charge in [0.2, 0.25) is 0 Å². The topological polar surface area (TPSA) is 83.6 Å². The summed E-state index contributed by atoms with van der Waals surface area (Å²) in [4.78, 5) is 13.6. The number of urea groups is 1. The normalized spacial score (nSPS) is 29.3. The van der Waals surface area contributed by atoms with E-state index in [0.717, 1.165) is 19.3 Å². The third-order valence-electron chi connectivity index (χ3n) is 4.46. The molecule has 2 fully saturated rings. The largest absolute Gasteiger partial charge is 0.336 e. The van der Waals surface area contributed by atoms with Gasteiger partial charge in [-0.05, 0) is 19.8 Å². The summed E-state index contributed by atoms with van der Waals surface area (Å²) in [5.41, 5.74) is 0. The van der Waals surface area contributed by atoms with Crippen LogP contribution in [0.4, 0.5) is 4.79 Å². The quantitative estimate of drug-likeness (QED) is 0.800. The second-order valence-electron chi connectivity index (χ2n) is 5.77. The molecule has 1 aliphatic heterocycles. The van der Waals surface area contributed by atoms with E-state index in [2.05, 4.69) is 5.32 Å². The Bertz CT molecular complexity index is 514. The van der Waals surface area contributed by atoms with E-state index >= 15 is 0 Å². The fraction of sp³-hybridized carbons (Fsp3) is 0.917. The molecule has 0 radical (unpaired) electrons. The second-order valence-corrected chi connectivity index (χ2v) is 10.1. The van der Waals surface area contributed by atoms with E-state index in [-0.39, 0.29) is 29.6 Å². The van der Waals surface area contributed by atoms with Gasteiger partial charge in [-0.25, -0.2) is 13.2 Å². The van der Waals surface area contributed by atoms with E-state index in [1.165, 1.54) is 4.90 Å². The Hall–Kier alpha value is -0.630. The predicted molar refractivity (Wildman–Crippen MR) is 78.9 cm³/mol. The van der Waals surface area contributed by atoms with Crippen LogP contribution in [0.5, 0.6) is 0 Å². The number of carbonyl (C=O) groups excluding carboxylic acids is 1. The minimum Gasteiger partial charge on any atom is -0.336 e. The molecule has 116 valence electrons. The van der Waals surface area contributed by atoms with Gasteiger partial charge in [-0.2, -0.15) is 0 Å². The first-order valence-electron chi connectivity index (χ1n) is 6.85. The van der Waals surface area contributed by atoms with Gasteiger partial charge >= 0.3 is 6.03 Å². The molecular weight excluding hydrogens is 300 g/mol. The first-order valence-corrected chi connectivity index (χ1v) is 10.1. The third-order valence-corrected chi connectivity index (χ3v) is 8.36. The summed E-state index contributed by atoms with van der Waals surface area (Å²) in [7, 11) is -4.00. The highest BCUT2D eigenvalue weighted by atomic mass is 32.2. The average Bonchev–Trinajstić information content (AvgIpc) is 2.30. The molecule has 6 nitrogen and oxygen atoms in total. The van der Waals surface area contributed by atoms with Crippen molar-refractivity contribution in [2.45, 2.75) is 36.2 Å². The smallest absolute Gasteiger partial charge is 0.317 e. The summed E-state index contributed by atoms with van der Waals surface area (Å²) < 4.78 is 34.7. The van der Waals surface area contributed by atoms with E-state index in [0.29, 0.717) is 6.54 Å². The van der Waals surface area contributed by atoms with Crippen LogP contribution in [0.3, 0.4) is 0 Å². The maximum Gasteiger partial charge on any atom is 0.317 e. The molecule has 2 atom stereocenters. The molecule has 0 bridgehead atoms. The SMILES string of the molecule is CC1CN(C(=O)NCC2(S(C)=O)CCC2)CCS1(=O)=O. The zero-order valence-electron chi connectivity index (χ0n) is 11.9.